The molecule has 0 aliphatic heterocycles. The molecule has 0 fully saturated rings. The lowest BCUT2D eigenvalue weighted by molar-refractivity contribution is 0.180. The number of nitrogens with zero attached hydrogens (tertiary/aromatic N) is 1. The molecule has 0 aliphatic rings. The van der Waals surface area contributed by atoms with Crippen LogP contribution in [0.1, 0.15) is 18.1 Å². The van der Waals surface area contributed by atoms with E-state index in [4.69, 9.17) is 21.4 Å². The van der Waals surface area contributed by atoms with Gasteiger partial charge in [-0.2, -0.15) is 0 Å². The molecule has 24 heavy (non-hydrogen) atoms. The van der Waals surface area contributed by atoms with Crippen LogP contribution in [0.2, 0.25) is 0 Å². The van der Waals surface area contributed by atoms with Crippen molar-refractivity contribution in [1.29, 1.82) is 5.41 Å². The molecule has 2 aromatic rings. The lowest BCUT2D eigenvalue weighted by Crippen LogP contribution is -2.11. The van der Waals surface area contributed by atoms with Crippen molar-refractivity contribution in [3.63, 3.8) is 0 Å². The lowest BCUT2D eigenvalue weighted by Gasteiger charge is -2.08. The molecular weight excluding hydrogens is 307 g/mol. The second-order valence-corrected chi connectivity index (χ2v) is 4.98. The summed E-state index contributed by atoms with van der Waals surface area (Å²) < 4.78 is 18.5. The third-order valence-corrected chi connectivity index (χ3v) is 3.11. The van der Waals surface area contributed by atoms with Crippen molar-refractivity contribution in [2.45, 2.75) is 13.5 Å². The Morgan fingerprint density at radius 1 is 1.17 bits per heavy atom. The Kier molecular flexibility index (Phi) is 6.09. The molecule has 2 aromatic carbocycles. The van der Waals surface area contributed by atoms with Crippen LogP contribution in [0, 0.1) is 23.6 Å². The number of ether oxygens (including phenoxy) is 1. The van der Waals surface area contributed by atoms with Crippen molar-refractivity contribution in [2.75, 3.05) is 6.61 Å². The number of nitrogens with one attached hydrogen (secondary N) is 1. The molecular formula is C19H17FN2O2. The van der Waals surface area contributed by atoms with Gasteiger partial charge in [0.05, 0.1) is 5.71 Å². The number of oxime groups is 1. The van der Waals surface area contributed by atoms with Gasteiger partial charge in [0, 0.05) is 5.56 Å². The van der Waals surface area contributed by atoms with Gasteiger partial charge >= 0.3 is 0 Å². The second kappa shape index (κ2) is 8.49. The van der Waals surface area contributed by atoms with Crippen LogP contribution >= 0.6 is 0 Å². The highest BCUT2D eigenvalue weighted by Gasteiger charge is 2.08. The summed E-state index contributed by atoms with van der Waals surface area (Å²) in [7, 11) is 0. The lowest BCUT2D eigenvalue weighted by atomic mass is 10.1. The van der Waals surface area contributed by atoms with Gasteiger partial charge in [0.25, 0.3) is 0 Å². The summed E-state index contributed by atoms with van der Waals surface area (Å²) in [6, 6.07) is 13.3. The highest BCUT2D eigenvalue weighted by Crippen LogP contribution is 2.15. The second-order valence-electron chi connectivity index (χ2n) is 4.98. The Morgan fingerprint density at radius 2 is 1.83 bits per heavy atom. The van der Waals surface area contributed by atoms with Crippen LogP contribution in [0.15, 0.2) is 53.7 Å². The molecule has 0 unspecified atom stereocenters. The van der Waals surface area contributed by atoms with Gasteiger partial charge in [0.1, 0.15) is 23.9 Å². The van der Waals surface area contributed by atoms with Gasteiger partial charge in [0.15, 0.2) is 6.61 Å². The zero-order valence-electron chi connectivity index (χ0n) is 13.3. The minimum Gasteiger partial charge on any atom is -0.489 e. The largest absolute Gasteiger partial charge is 0.489 e. The van der Waals surface area contributed by atoms with Crippen LogP contribution in [0.5, 0.6) is 5.75 Å². The van der Waals surface area contributed by atoms with Crippen molar-refractivity contribution >= 4 is 11.4 Å². The van der Waals surface area contributed by atoms with E-state index in [9.17, 15) is 4.39 Å². The maximum absolute atomic E-state index is 12.9. The van der Waals surface area contributed by atoms with Crippen LogP contribution < -0.4 is 4.74 Å². The molecule has 0 saturated heterocycles. The molecule has 5 heteroatoms. The fourth-order valence-electron chi connectivity index (χ4n) is 1.93. The van der Waals surface area contributed by atoms with Gasteiger partial charge in [0.2, 0.25) is 0 Å². The fraction of sp³-hybridized carbons (Fsp3) is 0.158. The number of halogens is 1. The molecule has 0 aliphatic carbocycles. The van der Waals surface area contributed by atoms with Crippen molar-refractivity contribution in [1.82, 2.24) is 0 Å². The first kappa shape index (κ1) is 17.2. The number of hydrogen-bond donors (Lipinski definition) is 1. The monoisotopic (exact) mass is 324 g/mol. The Labute approximate surface area is 140 Å². The van der Waals surface area contributed by atoms with E-state index in [1.807, 2.05) is 0 Å². The van der Waals surface area contributed by atoms with E-state index < -0.39 is 0 Å². The van der Waals surface area contributed by atoms with Crippen LogP contribution in [-0.4, -0.2) is 18.0 Å². The summed E-state index contributed by atoms with van der Waals surface area (Å²) in [5.41, 5.74) is 2.29. The van der Waals surface area contributed by atoms with Gasteiger partial charge < -0.3 is 15.0 Å². The average Bonchev–Trinajstić information content (AvgIpc) is 2.59. The molecule has 1 N–H and O–H groups in total. The highest BCUT2D eigenvalue weighted by molar-refractivity contribution is 6.46. The zero-order chi connectivity index (χ0) is 17.4. The standard InChI is InChI=1S/C19H17FN2O2/c1-3-12-24-22-19(14(2)21)16-6-10-18(11-7-16)23-13-15-4-8-17(20)9-5-15/h1,4-11,21H,12-13H2,2H3. The normalized spacial score (nSPS) is 10.8. The maximum Gasteiger partial charge on any atom is 0.177 e. The number of hydrogen-bond acceptors (Lipinski definition) is 4. The minimum absolute atomic E-state index is 0.0512. The van der Waals surface area contributed by atoms with E-state index in [0.717, 1.165) is 11.1 Å². The molecule has 0 heterocycles. The summed E-state index contributed by atoms with van der Waals surface area (Å²) in [5, 5.41) is 11.7. The van der Waals surface area contributed by atoms with Gasteiger partial charge in [-0.25, -0.2) is 4.39 Å². The van der Waals surface area contributed by atoms with E-state index >= 15 is 0 Å². The summed E-state index contributed by atoms with van der Waals surface area (Å²) in [6.45, 7) is 2.02. The minimum atomic E-state index is -0.274. The van der Waals surface area contributed by atoms with E-state index in [1.165, 1.54) is 12.1 Å². The first-order valence-corrected chi connectivity index (χ1v) is 7.27. The molecule has 0 atom stereocenters. The van der Waals surface area contributed by atoms with Gasteiger partial charge in [-0.15, -0.1) is 6.42 Å². The molecule has 2 rings (SSSR count). The number of benzene rings is 2. The third-order valence-electron chi connectivity index (χ3n) is 3.11. The quantitative estimate of drug-likeness (QED) is 0.364. The Hall–Kier alpha value is -3.13. The number of rotatable bonds is 7. The maximum atomic E-state index is 12.9. The van der Waals surface area contributed by atoms with Gasteiger partial charge in [-0.3, -0.25) is 0 Å². The molecule has 4 nitrogen and oxygen atoms in total. The van der Waals surface area contributed by atoms with Crippen molar-refractivity contribution in [3.05, 3.63) is 65.5 Å². The molecule has 0 radical (unpaired) electrons. The van der Waals surface area contributed by atoms with E-state index in [-0.39, 0.29) is 18.1 Å². The first-order chi connectivity index (χ1) is 11.6. The summed E-state index contributed by atoms with van der Waals surface area (Å²) in [5.74, 6) is 2.70. The molecule has 0 amide bonds. The summed E-state index contributed by atoms with van der Waals surface area (Å²) in [4.78, 5) is 4.96. The topological polar surface area (TPSA) is 54.7 Å². The molecule has 122 valence electrons. The van der Waals surface area contributed by atoms with Crippen LogP contribution in [0.25, 0.3) is 0 Å². The first-order valence-electron chi connectivity index (χ1n) is 7.27. The van der Waals surface area contributed by atoms with Crippen LogP contribution in [0.3, 0.4) is 0 Å². The Balaban J connectivity index is 2.03. The highest BCUT2D eigenvalue weighted by atomic mass is 19.1. The summed E-state index contributed by atoms with van der Waals surface area (Å²) >= 11 is 0. The Morgan fingerprint density at radius 3 is 2.42 bits per heavy atom. The molecule has 0 spiro atoms. The van der Waals surface area contributed by atoms with E-state index in [2.05, 4.69) is 11.1 Å². The smallest absolute Gasteiger partial charge is 0.177 e. The van der Waals surface area contributed by atoms with Crippen molar-refractivity contribution in [2.24, 2.45) is 5.16 Å². The fourth-order valence-corrected chi connectivity index (χ4v) is 1.93. The summed E-state index contributed by atoms with van der Waals surface area (Å²) in [6.07, 6.45) is 5.10. The van der Waals surface area contributed by atoms with Crippen molar-refractivity contribution in [3.8, 4) is 18.1 Å². The van der Waals surface area contributed by atoms with E-state index in [0.29, 0.717) is 18.1 Å². The molecule has 0 bridgehead atoms. The van der Waals surface area contributed by atoms with Gasteiger partial charge in [-0.1, -0.05) is 23.2 Å². The molecule has 0 saturated carbocycles. The predicted octanol–water partition coefficient (Wildman–Crippen LogP) is 3.80. The van der Waals surface area contributed by atoms with E-state index in [1.54, 1.807) is 43.3 Å². The van der Waals surface area contributed by atoms with Crippen molar-refractivity contribution < 1.29 is 14.0 Å². The van der Waals surface area contributed by atoms with Crippen LogP contribution in [0.4, 0.5) is 4.39 Å². The van der Waals surface area contributed by atoms with Gasteiger partial charge in [-0.05, 0) is 48.9 Å². The zero-order valence-corrected chi connectivity index (χ0v) is 13.3. The Bertz CT molecular complexity index is 759. The molecule has 0 aromatic heterocycles. The third kappa shape index (κ3) is 4.96. The predicted molar refractivity (Wildman–Crippen MR) is 91.9 cm³/mol. The number of terminal acetylenes is 1. The SMILES string of the molecule is C#CCON=C(C(C)=N)c1ccc(OCc2ccc(F)cc2)cc1. The average molecular weight is 324 g/mol. The van der Waals surface area contributed by atoms with Crippen LogP contribution in [-0.2, 0) is 11.4 Å².